The minimum absolute atomic E-state index is 0.0626. The maximum atomic E-state index is 13.8. The minimum atomic E-state index is -4.13. The Morgan fingerprint density at radius 2 is 2.00 bits per heavy atom. The van der Waals surface area contributed by atoms with E-state index in [-0.39, 0.29) is 18.4 Å². The Balaban J connectivity index is 2.03. The number of hydrogen-bond donors (Lipinski definition) is 1. The molecule has 1 aromatic rings. The topological polar surface area (TPSA) is 74.7 Å². The number of benzene rings is 1. The molecule has 1 saturated carbocycles. The summed E-state index contributed by atoms with van der Waals surface area (Å²) in [5.41, 5.74) is 0. The molecule has 21 heavy (non-hydrogen) atoms. The summed E-state index contributed by atoms with van der Waals surface area (Å²) in [4.78, 5) is 11.1. The summed E-state index contributed by atoms with van der Waals surface area (Å²) >= 11 is 0. The highest BCUT2D eigenvalue weighted by Gasteiger charge is 2.52. The van der Waals surface area contributed by atoms with Crippen molar-refractivity contribution >= 4 is 16.0 Å². The van der Waals surface area contributed by atoms with Gasteiger partial charge in [-0.15, -0.1) is 0 Å². The Hall–Kier alpha value is -1.47. The first kappa shape index (κ1) is 14.5. The molecule has 2 fully saturated rings. The largest absolute Gasteiger partial charge is 0.480 e. The maximum Gasteiger partial charge on any atom is 0.322 e. The molecule has 0 bridgehead atoms. The van der Waals surface area contributed by atoms with Crippen molar-refractivity contribution in [3.05, 3.63) is 30.1 Å². The minimum Gasteiger partial charge on any atom is -0.480 e. The molecule has 3 atom stereocenters. The lowest BCUT2D eigenvalue weighted by Crippen LogP contribution is -2.43. The van der Waals surface area contributed by atoms with Crippen molar-refractivity contribution in [3.8, 4) is 0 Å². The van der Waals surface area contributed by atoms with Crippen LogP contribution in [-0.4, -0.2) is 36.4 Å². The van der Waals surface area contributed by atoms with Crippen molar-refractivity contribution < 1.29 is 22.7 Å². The number of halogens is 1. The summed E-state index contributed by atoms with van der Waals surface area (Å²) in [6, 6.07) is 4.00. The average Bonchev–Trinajstić information content (AvgIpc) is 2.98. The van der Waals surface area contributed by atoms with E-state index in [2.05, 4.69) is 0 Å². The Morgan fingerprint density at radius 1 is 1.29 bits per heavy atom. The van der Waals surface area contributed by atoms with E-state index < -0.39 is 32.7 Å². The average molecular weight is 313 g/mol. The van der Waals surface area contributed by atoms with Gasteiger partial charge in [0.05, 0.1) is 0 Å². The van der Waals surface area contributed by atoms with Crippen LogP contribution < -0.4 is 0 Å². The van der Waals surface area contributed by atoms with Crippen LogP contribution >= 0.6 is 0 Å². The summed E-state index contributed by atoms with van der Waals surface area (Å²) in [5, 5.41) is 9.41. The van der Waals surface area contributed by atoms with E-state index >= 15 is 0 Å². The Bertz CT molecular complexity index is 675. The standard InChI is InChI=1S/C14H16FNO4S/c15-11-6-1-2-7-12(11)21(19,20)16-8-9-4-3-5-10(9)13(16)14(17)18/h1-2,6-7,9-10,13H,3-5,8H2,(H,17,18). The van der Waals surface area contributed by atoms with Crippen LogP contribution in [0.5, 0.6) is 0 Å². The van der Waals surface area contributed by atoms with E-state index in [0.717, 1.165) is 23.2 Å². The quantitative estimate of drug-likeness (QED) is 0.921. The first-order valence-electron chi connectivity index (χ1n) is 6.92. The molecular weight excluding hydrogens is 297 g/mol. The number of nitrogens with zero attached hydrogens (tertiary/aromatic N) is 1. The molecule has 1 aromatic carbocycles. The van der Waals surface area contributed by atoms with Crippen molar-refractivity contribution in [2.45, 2.75) is 30.2 Å². The number of sulfonamides is 1. The number of fused-ring (bicyclic) bond motifs is 1. The molecule has 1 N–H and O–H groups in total. The van der Waals surface area contributed by atoms with Gasteiger partial charge in [0.25, 0.3) is 0 Å². The van der Waals surface area contributed by atoms with Crippen molar-refractivity contribution in [3.63, 3.8) is 0 Å². The molecule has 5 nitrogen and oxygen atoms in total. The number of rotatable bonds is 3. The van der Waals surface area contributed by atoms with Gasteiger partial charge in [-0.2, -0.15) is 4.31 Å². The number of carboxylic acids is 1. The Kier molecular flexibility index (Phi) is 3.49. The summed E-state index contributed by atoms with van der Waals surface area (Å²) in [6.07, 6.45) is 2.47. The number of hydrogen-bond acceptors (Lipinski definition) is 3. The van der Waals surface area contributed by atoms with Crippen LogP contribution in [-0.2, 0) is 14.8 Å². The van der Waals surface area contributed by atoms with Gasteiger partial charge in [-0.1, -0.05) is 18.6 Å². The number of carbonyl (C=O) groups is 1. The molecule has 7 heteroatoms. The van der Waals surface area contributed by atoms with Gasteiger partial charge in [-0.05, 0) is 36.8 Å². The van der Waals surface area contributed by atoms with E-state index in [0.29, 0.717) is 6.42 Å². The van der Waals surface area contributed by atoms with Gasteiger partial charge in [0.1, 0.15) is 16.8 Å². The van der Waals surface area contributed by atoms with Crippen LogP contribution in [0, 0.1) is 17.7 Å². The molecule has 0 radical (unpaired) electrons. The third kappa shape index (κ3) is 2.24. The maximum absolute atomic E-state index is 13.8. The normalized spacial score (nSPS) is 29.5. The lowest BCUT2D eigenvalue weighted by molar-refractivity contribution is -0.142. The number of aliphatic carboxylic acids is 1. The second kappa shape index (κ2) is 5.06. The fourth-order valence-electron chi connectivity index (χ4n) is 3.60. The predicted octanol–water partition coefficient (Wildman–Crippen LogP) is 1.70. The van der Waals surface area contributed by atoms with Crippen LogP contribution in [0.2, 0.25) is 0 Å². The molecule has 0 spiro atoms. The van der Waals surface area contributed by atoms with Gasteiger partial charge < -0.3 is 5.11 Å². The van der Waals surface area contributed by atoms with Crippen LogP contribution in [0.4, 0.5) is 4.39 Å². The zero-order chi connectivity index (χ0) is 15.2. The van der Waals surface area contributed by atoms with Crippen molar-refractivity contribution in [2.75, 3.05) is 6.54 Å². The highest BCUT2D eigenvalue weighted by atomic mass is 32.2. The molecule has 114 valence electrons. The molecule has 1 aliphatic carbocycles. The highest BCUT2D eigenvalue weighted by molar-refractivity contribution is 7.89. The fourth-order valence-corrected chi connectivity index (χ4v) is 5.35. The van der Waals surface area contributed by atoms with Crippen LogP contribution in [0.1, 0.15) is 19.3 Å². The van der Waals surface area contributed by atoms with Gasteiger partial charge >= 0.3 is 5.97 Å². The highest BCUT2D eigenvalue weighted by Crippen LogP contribution is 2.44. The van der Waals surface area contributed by atoms with Crippen LogP contribution in [0.15, 0.2) is 29.2 Å². The lowest BCUT2D eigenvalue weighted by Gasteiger charge is -2.23. The van der Waals surface area contributed by atoms with Crippen molar-refractivity contribution in [1.82, 2.24) is 4.31 Å². The van der Waals surface area contributed by atoms with E-state index in [1.54, 1.807) is 0 Å². The molecule has 3 rings (SSSR count). The monoisotopic (exact) mass is 313 g/mol. The van der Waals surface area contributed by atoms with E-state index in [4.69, 9.17) is 0 Å². The van der Waals surface area contributed by atoms with Gasteiger partial charge in [-0.3, -0.25) is 4.79 Å². The first-order chi connectivity index (χ1) is 9.93. The van der Waals surface area contributed by atoms with Crippen LogP contribution in [0.3, 0.4) is 0 Å². The van der Waals surface area contributed by atoms with Gasteiger partial charge in [-0.25, -0.2) is 12.8 Å². The van der Waals surface area contributed by atoms with Gasteiger partial charge in [0.2, 0.25) is 10.0 Å². The number of carboxylic acid groups (broad SMARTS) is 1. The summed E-state index contributed by atoms with van der Waals surface area (Å²) in [6.45, 7) is 0.165. The van der Waals surface area contributed by atoms with Gasteiger partial charge in [0.15, 0.2) is 0 Å². The third-order valence-corrected chi connectivity index (χ3v) is 6.40. The lowest BCUT2D eigenvalue weighted by atomic mass is 9.94. The molecule has 0 aromatic heterocycles. The second-order valence-corrected chi connectivity index (χ2v) is 7.50. The molecule has 2 aliphatic rings. The molecule has 0 amide bonds. The molecule has 1 aliphatic heterocycles. The smallest absolute Gasteiger partial charge is 0.322 e. The van der Waals surface area contributed by atoms with Crippen molar-refractivity contribution in [1.29, 1.82) is 0 Å². The summed E-state index contributed by atoms with van der Waals surface area (Å²) < 4.78 is 40.0. The van der Waals surface area contributed by atoms with E-state index in [9.17, 15) is 22.7 Å². The Morgan fingerprint density at radius 3 is 2.67 bits per heavy atom. The van der Waals surface area contributed by atoms with Crippen LogP contribution in [0.25, 0.3) is 0 Å². The summed E-state index contributed by atoms with van der Waals surface area (Å²) in [5.74, 6) is -2.10. The second-order valence-electron chi connectivity index (χ2n) is 5.64. The molecule has 1 saturated heterocycles. The van der Waals surface area contributed by atoms with Gasteiger partial charge in [0, 0.05) is 6.54 Å². The van der Waals surface area contributed by atoms with E-state index in [1.165, 1.54) is 18.2 Å². The third-order valence-electron chi connectivity index (χ3n) is 4.52. The van der Waals surface area contributed by atoms with E-state index in [1.807, 2.05) is 0 Å². The first-order valence-corrected chi connectivity index (χ1v) is 8.36. The molecule has 1 heterocycles. The summed E-state index contributed by atoms with van der Waals surface area (Å²) in [7, 11) is -4.13. The molecular formula is C14H16FNO4S. The zero-order valence-corrected chi connectivity index (χ0v) is 12.1. The van der Waals surface area contributed by atoms with Crippen molar-refractivity contribution in [2.24, 2.45) is 11.8 Å². The fraction of sp³-hybridized carbons (Fsp3) is 0.500. The molecule has 3 unspecified atom stereocenters. The Labute approximate surface area is 122 Å². The zero-order valence-electron chi connectivity index (χ0n) is 11.3. The SMILES string of the molecule is O=C(O)C1C2CCCC2CN1S(=O)(=O)c1ccccc1F. The predicted molar refractivity (Wildman–Crippen MR) is 72.5 cm³/mol.